The van der Waals surface area contributed by atoms with Crippen LogP contribution in [0.15, 0.2) is 6.20 Å². The summed E-state index contributed by atoms with van der Waals surface area (Å²) < 4.78 is 0. The van der Waals surface area contributed by atoms with Crippen LogP contribution >= 0.6 is 0 Å². The molecule has 2 aliphatic rings. The van der Waals surface area contributed by atoms with Gasteiger partial charge in [-0.05, 0) is 19.3 Å². The molecule has 0 bridgehead atoms. The minimum absolute atomic E-state index is 0.0876. The molecule has 0 spiro atoms. The van der Waals surface area contributed by atoms with Crippen molar-refractivity contribution < 1.29 is 9.59 Å². The molecule has 1 saturated heterocycles. The molecule has 1 saturated carbocycles. The first-order valence-electron chi connectivity index (χ1n) is 8.93. The van der Waals surface area contributed by atoms with Crippen LogP contribution in [0.4, 0.5) is 5.95 Å². The summed E-state index contributed by atoms with van der Waals surface area (Å²) in [6.45, 7) is 1.39. The lowest BCUT2D eigenvalue weighted by atomic mass is 9.84. The summed E-state index contributed by atoms with van der Waals surface area (Å²) in [6.07, 6.45) is 5.66. The third kappa shape index (κ3) is 3.45. The molecule has 25 heavy (non-hydrogen) atoms. The average molecular weight is 345 g/mol. The lowest BCUT2D eigenvalue weighted by molar-refractivity contribution is -0.137. The molecule has 7 heteroatoms. The zero-order valence-corrected chi connectivity index (χ0v) is 15.5. The zero-order chi connectivity index (χ0) is 18.1. The van der Waals surface area contributed by atoms with Gasteiger partial charge < -0.3 is 14.7 Å². The van der Waals surface area contributed by atoms with E-state index in [0.29, 0.717) is 18.1 Å². The minimum atomic E-state index is -0.0934. The summed E-state index contributed by atoms with van der Waals surface area (Å²) in [4.78, 5) is 39.3. The number of amides is 2. The number of anilines is 1. The molecule has 0 radical (unpaired) electrons. The molecule has 7 nitrogen and oxygen atoms in total. The van der Waals surface area contributed by atoms with Crippen molar-refractivity contribution in [2.24, 2.45) is 5.92 Å². The van der Waals surface area contributed by atoms with Gasteiger partial charge in [-0.2, -0.15) is 0 Å². The SMILES string of the molecule is CN(C)C(=O)c1cnc(N(C)C)nc1[C@H]1CCN(C(=O)C2CCC2)C1. The Morgan fingerprint density at radius 3 is 2.44 bits per heavy atom. The fourth-order valence-electron chi connectivity index (χ4n) is 3.41. The largest absolute Gasteiger partial charge is 0.347 e. The van der Waals surface area contributed by atoms with Crippen molar-refractivity contribution in [3.8, 4) is 0 Å². The van der Waals surface area contributed by atoms with Gasteiger partial charge in [0.1, 0.15) is 0 Å². The fraction of sp³-hybridized carbons (Fsp3) is 0.667. The molecule has 1 atom stereocenters. The van der Waals surface area contributed by atoms with Crippen LogP contribution in [0, 0.1) is 5.92 Å². The van der Waals surface area contributed by atoms with Gasteiger partial charge in [-0.1, -0.05) is 6.42 Å². The molecule has 2 fully saturated rings. The summed E-state index contributed by atoms with van der Waals surface area (Å²) in [5.74, 6) is 1.07. The Balaban J connectivity index is 1.85. The fourth-order valence-corrected chi connectivity index (χ4v) is 3.41. The summed E-state index contributed by atoms with van der Waals surface area (Å²) >= 11 is 0. The van der Waals surface area contributed by atoms with Crippen molar-refractivity contribution >= 4 is 17.8 Å². The number of rotatable bonds is 4. The maximum atomic E-state index is 12.5. The standard InChI is InChI=1S/C18H27N5O2/c1-21(2)17(25)14-10-19-18(22(3)4)20-15(14)13-8-9-23(11-13)16(24)12-6-5-7-12/h10,12-13H,5-9,11H2,1-4H3/t13-/m0/s1. The molecule has 0 N–H and O–H groups in total. The van der Waals surface area contributed by atoms with E-state index in [1.807, 2.05) is 23.9 Å². The van der Waals surface area contributed by atoms with E-state index in [1.54, 1.807) is 25.2 Å². The lowest BCUT2D eigenvalue weighted by Gasteiger charge is -2.29. The molecular formula is C18H27N5O2. The third-order valence-corrected chi connectivity index (χ3v) is 5.18. The summed E-state index contributed by atoms with van der Waals surface area (Å²) in [6, 6.07) is 0. The van der Waals surface area contributed by atoms with E-state index in [1.165, 1.54) is 0 Å². The quantitative estimate of drug-likeness (QED) is 0.824. The zero-order valence-electron chi connectivity index (χ0n) is 15.5. The smallest absolute Gasteiger partial charge is 0.256 e. The van der Waals surface area contributed by atoms with Crippen molar-refractivity contribution in [3.63, 3.8) is 0 Å². The van der Waals surface area contributed by atoms with E-state index in [2.05, 4.69) is 9.97 Å². The van der Waals surface area contributed by atoms with E-state index in [-0.39, 0.29) is 23.7 Å². The number of hydrogen-bond donors (Lipinski definition) is 0. The highest BCUT2D eigenvalue weighted by Gasteiger charge is 2.36. The van der Waals surface area contributed by atoms with Crippen LogP contribution in [0.5, 0.6) is 0 Å². The second-order valence-corrected chi connectivity index (χ2v) is 7.46. The predicted octanol–water partition coefficient (Wildman–Crippen LogP) is 1.36. The van der Waals surface area contributed by atoms with Gasteiger partial charge in [-0.25, -0.2) is 9.97 Å². The molecule has 136 valence electrons. The van der Waals surface area contributed by atoms with Crippen molar-refractivity contribution in [2.75, 3.05) is 46.2 Å². The Hall–Kier alpha value is -2.18. The molecule has 1 aromatic heterocycles. The number of nitrogens with zero attached hydrogens (tertiary/aromatic N) is 5. The van der Waals surface area contributed by atoms with Crippen LogP contribution in [-0.2, 0) is 4.79 Å². The minimum Gasteiger partial charge on any atom is -0.347 e. The van der Waals surface area contributed by atoms with Crippen molar-refractivity contribution in [1.82, 2.24) is 19.8 Å². The lowest BCUT2D eigenvalue weighted by Crippen LogP contribution is -2.37. The third-order valence-electron chi connectivity index (χ3n) is 5.18. The number of likely N-dealkylation sites (tertiary alicyclic amines) is 1. The number of aromatic nitrogens is 2. The van der Waals surface area contributed by atoms with Crippen LogP contribution in [-0.4, -0.2) is 72.9 Å². The number of carbonyl (C=O) groups is 2. The molecule has 0 aromatic carbocycles. The molecule has 1 aliphatic heterocycles. The topological polar surface area (TPSA) is 69.6 Å². The van der Waals surface area contributed by atoms with E-state index >= 15 is 0 Å². The van der Waals surface area contributed by atoms with Gasteiger partial charge in [0.2, 0.25) is 11.9 Å². The second kappa shape index (κ2) is 6.98. The Morgan fingerprint density at radius 2 is 1.88 bits per heavy atom. The average Bonchev–Trinajstić information content (AvgIpc) is 3.01. The van der Waals surface area contributed by atoms with Crippen LogP contribution in [0.1, 0.15) is 47.7 Å². The van der Waals surface area contributed by atoms with Crippen molar-refractivity contribution in [1.29, 1.82) is 0 Å². The number of carbonyl (C=O) groups excluding carboxylic acids is 2. The predicted molar refractivity (Wildman–Crippen MR) is 95.7 cm³/mol. The van der Waals surface area contributed by atoms with Gasteiger partial charge in [0.25, 0.3) is 5.91 Å². The Kier molecular flexibility index (Phi) is 4.92. The Bertz CT molecular complexity index is 669. The van der Waals surface area contributed by atoms with Gasteiger partial charge in [-0.3, -0.25) is 9.59 Å². The van der Waals surface area contributed by atoms with Gasteiger partial charge in [0, 0.05) is 59.3 Å². The molecular weight excluding hydrogens is 318 g/mol. The van der Waals surface area contributed by atoms with Crippen LogP contribution in [0.2, 0.25) is 0 Å². The Labute approximate surface area is 149 Å². The van der Waals surface area contributed by atoms with Crippen LogP contribution in [0.3, 0.4) is 0 Å². The van der Waals surface area contributed by atoms with Crippen molar-refractivity contribution in [2.45, 2.75) is 31.6 Å². The monoisotopic (exact) mass is 345 g/mol. The maximum absolute atomic E-state index is 12.5. The highest BCUT2D eigenvalue weighted by Crippen LogP contribution is 2.34. The molecule has 3 rings (SSSR count). The molecule has 2 amide bonds. The molecule has 1 aromatic rings. The molecule has 1 aliphatic carbocycles. The van der Waals surface area contributed by atoms with E-state index in [4.69, 9.17) is 0 Å². The van der Waals surface area contributed by atoms with E-state index in [0.717, 1.165) is 37.9 Å². The van der Waals surface area contributed by atoms with E-state index < -0.39 is 0 Å². The highest BCUT2D eigenvalue weighted by atomic mass is 16.2. The summed E-state index contributed by atoms with van der Waals surface area (Å²) in [5.41, 5.74) is 1.31. The first-order valence-corrected chi connectivity index (χ1v) is 8.93. The first-order chi connectivity index (χ1) is 11.9. The van der Waals surface area contributed by atoms with E-state index in [9.17, 15) is 9.59 Å². The second-order valence-electron chi connectivity index (χ2n) is 7.46. The van der Waals surface area contributed by atoms with Gasteiger partial charge >= 0.3 is 0 Å². The summed E-state index contributed by atoms with van der Waals surface area (Å²) in [5, 5.41) is 0. The maximum Gasteiger partial charge on any atom is 0.256 e. The molecule has 0 unspecified atom stereocenters. The number of hydrogen-bond acceptors (Lipinski definition) is 5. The van der Waals surface area contributed by atoms with Crippen molar-refractivity contribution in [3.05, 3.63) is 17.5 Å². The summed E-state index contributed by atoms with van der Waals surface area (Å²) in [7, 11) is 7.22. The van der Waals surface area contributed by atoms with Gasteiger partial charge in [0.15, 0.2) is 0 Å². The Morgan fingerprint density at radius 1 is 1.16 bits per heavy atom. The first kappa shape index (κ1) is 17.6. The van der Waals surface area contributed by atoms with Gasteiger partial charge in [0.05, 0.1) is 11.3 Å². The normalized spacial score (nSPS) is 20.3. The van der Waals surface area contributed by atoms with Crippen LogP contribution in [0.25, 0.3) is 0 Å². The van der Waals surface area contributed by atoms with Gasteiger partial charge in [-0.15, -0.1) is 0 Å². The van der Waals surface area contributed by atoms with Crippen LogP contribution < -0.4 is 4.90 Å². The highest BCUT2D eigenvalue weighted by molar-refractivity contribution is 5.95. The molecule has 2 heterocycles.